The molecule has 41 heavy (non-hydrogen) atoms. The van der Waals surface area contributed by atoms with E-state index in [0.717, 1.165) is 29.1 Å². The Morgan fingerprint density at radius 1 is 0.951 bits per heavy atom. The number of rotatable bonds is 4. The number of amides is 1. The van der Waals surface area contributed by atoms with E-state index in [9.17, 15) is 35.9 Å². The third-order valence-corrected chi connectivity index (χ3v) is 7.19. The summed E-state index contributed by atoms with van der Waals surface area (Å²) < 4.78 is 97.5. The van der Waals surface area contributed by atoms with Crippen molar-refractivity contribution in [1.29, 1.82) is 0 Å². The molecule has 14 heteroatoms. The molecule has 0 unspecified atom stereocenters. The van der Waals surface area contributed by atoms with Crippen LogP contribution in [0.15, 0.2) is 47.7 Å². The van der Waals surface area contributed by atoms with Gasteiger partial charge in [0.2, 0.25) is 0 Å². The van der Waals surface area contributed by atoms with Crippen molar-refractivity contribution in [3.05, 3.63) is 75.7 Å². The van der Waals surface area contributed by atoms with Gasteiger partial charge in [-0.2, -0.15) is 26.3 Å². The normalized spacial score (nSPS) is 18.5. The molecule has 220 valence electrons. The highest BCUT2D eigenvalue weighted by Gasteiger charge is 2.37. The molecule has 2 atom stereocenters. The quantitative estimate of drug-likeness (QED) is 0.415. The van der Waals surface area contributed by atoms with Gasteiger partial charge < -0.3 is 14.8 Å². The highest BCUT2D eigenvalue weighted by Crippen LogP contribution is 2.38. The fourth-order valence-corrected chi connectivity index (χ4v) is 4.72. The summed E-state index contributed by atoms with van der Waals surface area (Å²) in [5.74, 6) is -2.17. The molecule has 0 bridgehead atoms. The lowest BCUT2D eigenvalue weighted by molar-refractivity contribution is -0.138. The Hall–Kier alpha value is -3.94. The second-order valence-electron chi connectivity index (χ2n) is 10.1. The van der Waals surface area contributed by atoms with E-state index >= 15 is 4.39 Å². The smallest absolute Gasteiger partial charge is 0.367 e. The molecule has 1 fully saturated rings. The van der Waals surface area contributed by atoms with Gasteiger partial charge in [0.1, 0.15) is 5.82 Å². The van der Waals surface area contributed by atoms with Gasteiger partial charge in [0, 0.05) is 68.0 Å². The molecule has 7 nitrogen and oxygen atoms in total. The fourth-order valence-electron chi connectivity index (χ4n) is 4.72. The van der Waals surface area contributed by atoms with Crippen molar-refractivity contribution in [1.82, 2.24) is 14.5 Å². The molecule has 3 aromatic rings. The molecule has 1 amide bonds. The van der Waals surface area contributed by atoms with E-state index in [1.54, 1.807) is 4.90 Å². The van der Waals surface area contributed by atoms with Crippen molar-refractivity contribution >= 4 is 17.3 Å². The lowest BCUT2D eigenvalue weighted by Crippen LogP contribution is -2.55. The summed E-state index contributed by atoms with van der Waals surface area (Å²) in [7, 11) is 3.08. The summed E-state index contributed by atoms with van der Waals surface area (Å²) in [6, 6.07) is 3.02. The van der Waals surface area contributed by atoms with Gasteiger partial charge in [-0.3, -0.25) is 19.5 Å². The van der Waals surface area contributed by atoms with Gasteiger partial charge in [0.25, 0.3) is 11.5 Å². The average molecular weight is 586 g/mol. The van der Waals surface area contributed by atoms with E-state index in [1.807, 2.05) is 20.9 Å². The van der Waals surface area contributed by atoms with Crippen molar-refractivity contribution in [2.75, 3.05) is 30.4 Å². The molecule has 1 aliphatic rings. The predicted octanol–water partition coefficient (Wildman–Crippen LogP) is 5.41. The van der Waals surface area contributed by atoms with Crippen LogP contribution in [0.1, 0.15) is 35.3 Å². The number of aromatic nitrogens is 2. The number of halogens is 7. The number of nitrogens with one attached hydrogen (secondary N) is 1. The van der Waals surface area contributed by atoms with Crippen LogP contribution < -0.4 is 15.8 Å². The molecular weight excluding hydrogens is 559 g/mol. The minimum Gasteiger partial charge on any atom is -0.367 e. The maximum atomic E-state index is 15.5. The predicted molar refractivity (Wildman–Crippen MR) is 138 cm³/mol. The molecule has 0 aliphatic carbocycles. The van der Waals surface area contributed by atoms with E-state index in [4.69, 9.17) is 0 Å². The largest absolute Gasteiger partial charge is 0.417 e. The Labute approximate surface area is 230 Å². The number of pyridine rings is 2. The fraction of sp³-hybridized carbons (Fsp3) is 0.370. The van der Waals surface area contributed by atoms with Gasteiger partial charge in [0.05, 0.1) is 28.1 Å². The van der Waals surface area contributed by atoms with Crippen molar-refractivity contribution in [2.24, 2.45) is 7.05 Å². The number of carbonyl (C=O) groups excluding carboxylic acids is 1. The molecular formula is C27H26F7N5O2. The third kappa shape index (κ3) is 6.21. The third-order valence-electron chi connectivity index (χ3n) is 7.19. The number of piperazine rings is 1. The van der Waals surface area contributed by atoms with Gasteiger partial charge in [-0.15, -0.1) is 0 Å². The first-order valence-corrected chi connectivity index (χ1v) is 12.4. The molecule has 3 heterocycles. The number of anilines is 2. The summed E-state index contributed by atoms with van der Waals surface area (Å²) >= 11 is 0. The molecule has 2 aromatic heterocycles. The molecule has 1 saturated heterocycles. The summed E-state index contributed by atoms with van der Waals surface area (Å²) in [5.41, 5.74) is -5.06. The van der Waals surface area contributed by atoms with Gasteiger partial charge >= 0.3 is 12.4 Å². The summed E-state index contributed by atoms with van der Waals surface area (Å²) in [4.78, 5) is 32.5. The zero-order valence-electron chi connectivity index (χ0n) is 22.4. The number of hydrogen-bond donors (Lipinski definition) is 1. The minimum absolute atomic E-state index is 0.0295. The summed E-state index contributed by atoms with van der Waals surface area (Å²) in [5, 5.41) is 2.39. The molecule has 0 spiro atoms. The molecule has 0 saturated carbocycles. The van der Waals surface area contributed by atoms with Crippen LogP contribution >= 0.6 is 0 Å². The monoisotopic (exact) mass is 585 g/mol. The second kappa shape index (κ2) is 10.8. The van der Waals surface area contributed by atoms with Crippen LogP contribution in [0.5, 0.6) is 0 Å². The summed E-state index contributed by atoms with van der Waals surface area (Å²) in [6.07, 6.45) is -7.48. The van der Waals surface area contributed by atoms with Crippen LogP contribution in [-0.4, -0.2) is 52.6 Å². The van der Waals surface area contributed by atoms with Gasteiger partial charge in [-0.05, 0) is 39.1 Å². The minimum atomic E-state index is -5.04. The number of aryl methyl sites for hydroxylation is 1. The van der Waals surface area contributed by atoms with E-state index in [1.165, 1.54) is 7.05 Å². The van der Waals surface area contributed by atoms with Crippen molar-refractivity contribution in [3.8, 4) is 11.1 Å². The van der Waals surface area contributed by atoms with Crippen LogP contribution in [0.25, 0.3) is 11.1 Å². The molecule has 1 N–H and O–H groups in total. The zero-order valence-corrected chi connectivity index (χ0v) is 22.4. The van der Waals surface area contributed by atoms with Crippen molar-refractivity contribution < 1.29 is 35.5 Å². The van der Waals surface area contributed by atoms with Crippen molar-refractivity contribution in [2.45, 2.75) is 38.3 Å². The van der Waals surface area contributed by atoms with Gasteiger partial charge in [-0.25, -0.2) is 4.39 Å². The van der Waals surface area contributed by atoms with E-state index in [-0.39, 0.29) is 34.6 Å². The van der Waals surface area contributed by atoms with Crippen LogP contribution in [0, 0.1) is 5.82 Å². The highest BCUT2D eigenvalue weighted by molar-refractivity contribution is 6.07. The second-order valence-corrected chi connectivity index (χ2v) is 10.1. The first-order chi connectivity index (χ1) is 19.0. The summed E-state index contributed by atoms with van der Waals surface area (Å²) in [6.45, 7) is 4.56. The standard InChI is InChI=1S/C27H26F7N5O2/c1-14-11-39(12-15(2)38(14)4)23-8-21(28)18(16-5-17(10-35-9-16)26(29,30)31)6-22(23)36-25(41)19-13-37(3)24(40)7-20(19)27(32,33)34/h5-10,13-15H,11-12H2,1-4H3,(H,36,41)/t14-,15+. The molecule has 1 aromatic carbocycles. The Balaban J connectivity index is 1.86. The lowest BCUT2D eigenvalue weighted by Gasteiger charge is -2.44. The molecule has 0 radical (unpaired) electrons. The first kappa shape index (κ1) is 30.0. The Bertz CT molecular complexity index is 1520. The number of benzene rings is 1. The first-order valence-electron chi connectivity index (χ1n) is 12.4. The topological polar surface area (TPSA) is 70.5 Å². The molecule has 4 rings (SSSR count). The number of nitrogens with zero attached hydrogens (tertiary/aromatic N) is 4. The van der Waals surface area contributed by atoms with Gasteiger partial charge in [-0.1, -0.05) is 0 Å². The van der Waals surface area contributed by atoms with Crippen LogP contribution in [0.2, 0.25) is 0 Å². The van der Waals surface area contributed by atoms with Crippen LogP contribution in [-0.2, 0) is 19.4 Å². The lowest BCUT2D eigenvalue weighted by atomic mass is 10.0. The van der Waals surface area contributed by atoms with Crippen LogP contribution in [0.3, 0.4) is 0 Å². The number of hydrogen-bond acceptors (Lipinski definition) is 5. The van der Waals surface area contributed by atoms with E-state index in [2.05, 4.69) is 15.2 Å². The Morgan fingerprint density at radius 2 is 1.59 bits per heavy atom. The Morgan fingerprint density at radius 3 is 2.17 bits per heavy atom. The van der Waals surface area contributed by atoms with Crippen molar-refractivity contribution in [3.63, 3.8) is 0 Å². The highest BCUT2D eigenvalue weighted by atomic mass is 19.4. The maximum Gasteiger partial charge on any atom is 0.417 e. The number of carbonyl (C=O) groups is 1. The number of likely N-dealkylation sites (N-methyl/N-ethyl adjacent to an activating group) is 1. The molecule has 1 aliphatic heterocycles. The zero-order chi connectivity index (χ0) is 30.4. The van der Waals surface area contributed by atoms with Gasteiger partial charge in [0.15, 0.2) is 0 Å². The maximum absolute atomic E-state index is 15.5. The van der Waals surface area contributed by atoms with Crippen LogP contribution in [0.4, 0.5) is 42.1 Å². The SMILES string of the molecule is C[C@@H]1CN(c2cc(F)c(-c3cncc(C(F)(F)F)c3)cc2NC(=O)c2cn(C)c(=O)cc2C(F)(F)F)C[C@H](C)N1C. The van der Waals surface area contributed by atoms with E-state index in [0.29, 0.717) is 31.4 Å². The average Bonchev–Trinajstić information content (AvgIpc) is 2.88. The van der Waals surface area contributed by atoms with E-state index < -0.39 is 46.3 Å². The number of alkyl halides is 6. The Kier molecular flexibility index (Phi) is 7.91.